The van der Waals surface area contributed by atoms with Crippen molar-refractivity contribution in [2.75, 3.05) is 6.54 Å². The third-order valence-corrected chi connectivity index (χ3v) is 3.52. The van der Waals surface area contributed by atoms with E-state index >= 15 is 0 Å². The summed E-state index contributed by atoms with van der Waals surface area (Å²) in [4.78, 5) is 2.83. The Morgan fingerprint density at radius 3 is 2.44 bits per heavy atom. The highest BCUT2D eigenvalue weighted by Crippen LogP contribution is 2.35. The SMILES string of the molecule is [N-]=[N+]=NCC1CCC(c2ccccc2)CC1. The van der Waals surface area contributed by atoms with Crippen LogP contribution < -0.4 is 0 Å². The van der Waals surface area contributed by atoms with E-state index in [1.165, 1.54) is 31.2 Å². The maximum atomic E-state index is 8.29. The van der Waals surface area contributed by atoms with Gasteiger partial charge in [-0.25, -0.2) is 0 Å². The number of nitrogens with zero attached hydrogens (tertiary/aromatic N) is 3. The number of benzene rings is 1. The van der Waals surface area contributed by atoms with Crippen LogP contribution in [0.5, 0.6) is 0 Å². The lowest BCUT2D eigenvalue weighted by Crippen LogP contribution is -2.15. The molecule has 0 N–H and O–H groups in total. The summed E-state index contributed by atoms with van der Waals surface area (Å²) < 4.78 is 0. The van der Waals surface area contributed by atoms with Crippen molar-refractivity contribution in [3.05, 3.63) is 46.3 Å². The number of rotatable bonds is 3. The quantitative estimate of drug-likeness (QED) is 0.410. The van der Waals surface area contributed by atoms with Crippen LogP contribution in [-0.2, 0) is 0 Å². The number of hydrogen-bond acceptors (Lipinski definition) is 1. The fraction of sp³-hybridized carbons (Fsp3) is 0.538. The molecule has 0 aromatic heterocycles. The Kier molecular flexibility index (Phi) is 3.84. The zero-order valence-electron chi connectivity index (χ0n) is 9.42. The van der Waals surface area contributed by atoms with Crippen LogP contribution in [0, 0.1) is 5.92 Å². The van der Waals surface area contributed by atoms with Gasteiger partial charge in [0.05, 0.1) is 0 Å². The van der Waals surface area contributed by atoms with Gasteiger partial charge >= 0.3 is 0 Å². The summed E-state index contributed by atoms with van der Waals surface area (Å²) in [5, 5.41) is 3.67. The third kappa shape index (κ3) is 2.77. The van der Waals surface area contributed by atoms with E-state index in [-0.39, 0.29) is 0 Å². The largest absolute Gasteiger partial charge is 0.0937 e. The van der Waals surface area contributed by atoms with E-state index in [9.17, 15) is 0 Å². The van der Waals surface area contributed by atoms with Crippen LogP contribution in [0.25, 0.3) is 10.4 Å². The second-order valence-corrected chi connectivity index (χ2v) is 4.54. The van der Waals surface area contributed by atoms with Gasteiger partial charge in [0.2, 0.25) is 0 Å². The van der Waals surface area contributed by atoms with E-state index < -0.39 is 0 Å². The van der Waals surface area contributed by atoms with Crippen molar-refractivity contribution in [1.82, 2.24) is 0 Å². The summed E-state index contributed by atoms with van der Waals surface area (Å²) in [5.41, 5.74) is 9.75. The van der Waals surface area contributed by atoms with Gasteiger partial charge < -0.3 is 0 Å². The van der Waals surface area contributed by atoms with Crippen molar-refractivity contribution in [1.29, 1.82) is 0 Å². The highest BCUT2D eigenvalue weighted by Gasteiger charge is 2.21. The summed E-state index contributed by atoms with van der Waals surface area (Å²) >= 11 is 0. The Morgan fingerprint density at radius 2 is 1.81 bits per heavy atom. The zero-order chi connectivity index (χ0) is 11.2. The molecule has 0 unspecified atom stereocenters. The molecular weight excluding hydrogens is 198 g/mol. The van der Waals surface area contributed by atoms with Gasteiger partial charge in [0.1, 0.15) is 0 Å². The fourth-order valence-corrected chi connectivity index (χ4v) is 2.56. The zero-order valence-corrected chi connectivity index (χ0v) is 9.42. The van der Waals surface area contributed by atoms with Gasteiger partial charge in [0, 0.05) is 11.5 Å². The molecule has 0 amide bonds. The average Bonchev–Trinajstić information content (AvgIpc) is 2.38. The standard InChI is InChI=1S/C13H17N3/c14-16-15-10-11-6-8-13(9-7-11)12-4-2-1-3-5-12/h1-5,11,13H,6-10H2. The average molecular weight is 215 g/mol. The smallest absolute Gasteiger partial charge is 0.0286 e. The molecule has 0 saturated heterocycles. The molecule has 1 saturated carbocycles. The van der Waals surface area contributed by atoms with Crippen molar-refractivity contribution in [3.8, 4) is 0 Å². The van der Waals surface area contributed by atoms with Crippen LogP contribution in [0.1, 0.15) is 37.2 Å². The molecular formula is C13H17N3. The molecule has 0 atom stereocenters. The topological polar surface area (TPSA) is 48.8 Å². The first-order chi connectivity index (χ1) is 7.90. The molecule has 1 aromatic rings. The highest BCUT2D eigenvalue weighted by atomic mass is 15.1. The molecule has 1 fully saturated rings. The van der Waals surface area contributed by atoms with Gasteiger partial charge in [-0.15, -0.1) is 0 Å². The Labute approximate surface area is 96.1 Å². The molecule has 0 bridgehead atoms. The second kappa shape index (κ2) is 5.57. The maximum Gasteiger partial charge on any atom is 0.0286 e. The highest BCUT2D eigenvalue weighted by molar-refractivity contribution is 5.19. The molecule has 0 heterocycles. The molecule has 16 heavy (non-hydrogen) atoms. The summed E-state index contributed by atoms with van der Waals surface area (Å²) in [7, 11) is 0. The lowest BCUT2D eigenvalue weighted by molar-refractivity contribution is 0.332. The minimum atomic E-state index is 0.607. The molecule has 0 aliphatic heterocycles. The first-order valence-corrected chi connectivity index (χ1v) is 5.96. The molecule has 2 rings (SSSR count). The predicted octanol–water partition coefficient (Wildman–Crippen LogP) is 4.27. The fourth-order valence-electron chi connectivity index (χ4n) is 2.56. The molecule has 0 spiro atoms. The monoisotopic (exact) mass is 215 g/mol. The molecule has 1 aliphatic rings. The first-order valence-electron chi connectivity index (χ1n) is 5.96. The lowest BCUT2D eigenvalue weighted by atomic mass is 9.79. The Hall–Kier alpha value is -1.47. The van der Waals surface area contributed by atoms with E-state index in [4.69, 9.17) is 5.53 Å². The van der Waals surface area contributed by atoms with Gasteiger partial charge in [-0.05, 0) is 48.6 Å². The van der Waals surface area contributed by atoms with Gasteiger partial charge in [-0.3, -0.25) is 0 Å². The Morgan fingerprint density at radius 1 is 1.12 bits per heavy atom. The van der Waals surface area contributed by atoms with Crippen LogP contribution >= 0.6 is 0 Å². The minimum Gasteiger partial charge on any atom is -0.0937 e. The second-order valence-electron chi connectivity index (χ2n) is 4.54. The number of hydrogen-bond donors (Lipinski definition) is 0. The normalized spacial score (nSPS) is 24.8. The minimum absolute atomic E-state index is 0.607. The summed E-state index contributed by atoms with van der Waals surface area (Å²) in [6.45, 7) is 0.679. The lowest BCUT2D eigenvalue weighted by Gasteiger charge is -2.27. The molecule has 3 nitrogen and oxygen atoms in total. The van der Waals surface area contributed by atoms with Crippen molar-refractivity contribution >= 4 is 0 Å². The van der Waals surface area contributed by atoms with Crippen LogP contribution in [0.2, 0.25) is 0 Å². The van der Waals surface area contributed by atoms with Crippen LogP contribution in [0.4, 0.5) is 0 Å². The maximum absolute atomic E-state index is 8.29. The molecule has 1 aromatic carbocycles. The van der Waals surface area contributed by atoms with Crippen LogP contribution in [0.15, 0.2) is 35.4 Å². The molecule has 84 valence electrons. The summed E-state index contributed by atoms with van der Waals surface area (Å²) in [6, 6.07) is 10.7. The summed E-state index contributed by atoms with van der Waals surface area (Å²) in [5.74, 6) is 1.32. The van der Waals surface area contributed by atoms with E-state index in [1.807, 2.05) is 0 Å². The molecule has 1 aliphatic carbocycles. The Balaban J connectivity index is 1.88. The van der Waals surface area contributed by atoms with Crippen LogP contribution in [0.3, 0.4) is 0 Å². The molecule has 0 radical (unpaired) electrons. The molecule has 3 heteroatoms. The van der Waals surface area contributed by atoms with E-state index in [2.05, 4.69) is 40.4 Å². The third-order valence-electron chi connectivity index (χ3n) is 3.52. The van der Waals surface area contributed by atoms with Crippen molar-refractivity contribution in [3.63, 3.8) is 0 Å². The predicted molar refractivity (Wildman–Crippen MR) is 65.2 cm³/mol. The van der Waals surface area contributed by atoms with Crippen LogP contribution in [-0.4, -0.2) is 6.54 Å². The van der Waals surface area contributed by atoms with E-state index in [0.29, 0.717) is 18.4 Å². The first kappa shape index (κ1) is 11.0. The van der Waals surface area contributed by atoms with E-state index in [1.54, 1.807) is 0 Å². The van der Waals surface area contributed by atoms with Crippen molar-refractivity contribution in [2.24, 2.45) is 11.0 Å². The number of azide groups is 1. The van der Waals surface area contributed by atoms with Crippen molar-refractivity contribution in [2.45, 2.75) is 31.6 Å². The van der Waals surface area contributed by atoms with Gasteiger partial charge in [-0.1, -0.05) is 35.4 Å². The summed E-state index contributed by atoms with van der Waals surface area (Å²) in [6.07, 6.45) is 4.85. The van der Waals surface area contributed by atoms with Gasteiger partial charge in [-0.2, -0.15) is 0 Å². The van der Waals surface area contributed by atoms with Gasteiger partial charge in [0.25, 0.3) is 0 Å². The Bertz CT molecular complexity index is 360. The van der Waals surface area contributed by atoms with Gasteiger partial charge in [0.15, 0.2) is 0 Å². The van der Waals surface area contributed by atoms with Crippen molar-refractivity contribution < 1.29 is 0 Å². The van der Waals surface area contributed by atoms with E-state index in [0.717, 1.165) is 0 Å².